The van der Waals surface area contributed by atoms with E-state index in [1.165, 1.54) is 24.3 Å². The minimum absolute atomic E-state index is 0.142. The molecule has 4 atom stereocenters. The van der Waals surface area contributed by atoms with Gasteiger partial charge in [-0.15, -0.1) is 0 Å². The Labute approximate surface area is 165 Å². The fourth-order valence-electron chi connectivity index (χ4n) is 4.72. The summed E-state index contributed by atoms with van der Waals surface area (Å²) >= 11 is 0. The average molecular weight is 389 g/mol. The highest BCUT2D eigenvalue weighted by Gasteiger charge is 2.61. The number of hydrogen-bond donors (Lipinski definition) is 1. The molecule has 2 aromatic carbocycles. The lowest BCUT2D eigenvalue weighted by Gasteiger charge is -2.34. The zero-order chi connectivity index (χ0) is 20.3. The second-order valence-electron chi connectivity index (χ2n) is 7.36. The average Bonchev–Trinajstić information content (AvgIpc) is 3.22. The first kappa shape index (κ1) is 17.3. The summed E-state index contributed by atoms with van der Waals surface area (Å²) in [7, 11) is 0. The van der Waals surface area contributed by atoms with Crippen LogP contribution in [0.2, 0.25) is 0 Å². The molecule has 3 heterocycles. The van der Waals surface area contributed by atoms with E-state index in [2.05, 4.69) is 5.32 Å². The summed E-state index contributed by atoms with van der Waals surface area (Å²) in [6.07, 6.45) is 3.59. The molecule has 0 bridgehead atoms. The number of non-ortho nitro benzene ring substituents is 1. The van der Waals surface area contributed by atoms with Gasteiger partial charge in [0.05, 0.1) is 22.8 Å². The molecule has 0 saturated carbocycles. The maximum Gasteiger partial charge on any atom is 0.270 e. The molecule has 0 radical (unpaired) electrons. The van der Waals surface area contributed by atoms with Gasteiger partial charge in [0.15, 0.2) is 5.78 Å². The predicted molar refractivity (Wildman–Crippen MR) is 101 cm³/mol. The van der Waals surface area contributed by atoms with E-state index in [4.69, 9.17) is 0 Å². The molecule has 3 aliphatic rings. The summed E-state index contributed by atoms with van der Waals surface area (Å²) in [6.45, 7) is 0. The van der Waals surface area contributed by atoms with E-state index in [1.807, 2.05) is 30.3 Å². The molecular weight excluding hydrogens is 374 g/mol. The maximum atomic E-state index is 13.4. The highest BCUT2D eigenvalue weighted by atomic mass is 16.6. The lowest BCUT2D eigenvalue weighted by atomic mass is 9.83. The predicted octanol–water partition coefficient (Wildman–Crippen LogP) is 2.08. The summed E-state index contributed by atoms with van der Waals surface area (Å²) in [5.74, 6) is -2.84. The summed E-state index contributed by atoms with van der Waals surface area (Å²) in [5, 5.41) is 13.5. The zero-order valence-corrected chi connectivity index (χ0v) is 15.0. The SMILES string of the molecule is O=C1NC(=O)[C@H]2[C@@H]1[C@@H](C(=O)c1cccc([N+](=O)[O-])c1)N1C=Cc3ccccc3[C@@H]21. The van der Waals surface area contributed by atoms with E-state index < -0.39 is 46.4 Å². The molecule has 0 aromatic heterocycles. The van der Waals surface area contributed by atoms with Crippen molar-refractivity contribution in [2.45, 2.75) is 12.1 Å². The van der Waals surface area contributed by atoms with Crippen molar-refractivity contribution in [3.05, 3.63) is 81.5 Å². The summed E-state index contributed by atoms with van der Waals surface area (Å²) in [4.78, 5) is 50.9. The Bertz CT molecular complexity index is 1120. The molecule has 8 heteroatoms. The van der Waals surface area contributed by atoms with Crippen LogP contribution in [0.25, 0.3) is 6.08 Å². The third-order valence-corrected chi connectivity index (χ3v) is 5.91. The molecule has 0 unspecified atom stereocenters. The van der Waals surface area contributed by atoms with E-state index in [9.17, 15) is 24.5 Å². The van der Waals surface area contributed by atoms with Gasteiger partial charge in [0.2, 0.25) is 11.8 Å². The van der Waals surface area contributed by atoms with Crippen molar-refractivity contribution < 1.29 is 19.3 Å². The van der Waals surface area contributed by atoms with E-state index in [0.29, 0.717) is 0 Å². The summed E-state index contributed by atoms with van der Waals surface area (Å²) in [5.41, 5.74) is 1.75. The third kappa shape index (κ3) is 2.42. The Morgan fingerprint density at radius 1 is 1.03 bits per heavy atom. The minimum Gasteiger partial charge on any atom is -0.358 e. The maximum absolute atomic E-state index is 13.4. The number of carbonyl (C=O) groups excluding carboxylic acids is 3. The van der Waals surface area contributed by atoms with Crippen LogP contribution in [0.5, 0.6) is 0 Å². The minimum atomic E-state index is -0.914. The number of rotatable bonds is 3. The Balaban J connectivity index is 1.63. The first-order valence-corrected chi connectivity index (χ1v) is 9.15. The molecule has 2 amide bonds. The van der Waals surface area contributed by atoms with Crippen LogP contribution < -0.4 is 5.32 Å². The largest absolute Gasteiger partial charge is 0.358 e. The van der Waals surface area contributed by atoms with Crippen LogP contribution in [0.4, 0.5) is 5.69 Å². The van der Waals surface area contributed by atoms with Crippen LogP contribution in [-0.4, -0.2) is 33.5 Å². The van der Waals surface area contributed by atoms with Crippen molar-refractivity contribution in [1.29, 1.82) is 0 Å². The van der Waals surface area contributed by atoms with Crippen molar-refractivity contribution >= 4 is 29.4 Å². The van der Waals surface area contributed by atoms with Crippen molar-refractivity contribution in [3.8, 4) is 0 Å². The Kier molecular flexibility index (Phi) is 3.64. The number of nitro groups is 1. The number of nitrogens with one attached hydrogen (secondary N) is 1. The van der Waals surface area contributed by atoms with Crippen LogP contribution in [0.1, 0.15) is 27.5 Å². The van der Waals surface area contributed by atoms with Gasteiger partial charge >= 0.3 is 0 Å². The number of ketones is 1. The Morgan fingerprint density at radius 3 is 2.59 bits per heavy atom. The van der Waals surface area contributed by atoms with Gasteiger partial charge in [-0.05, 0) is 17.2 Å². The lowest BCUT2D eigenvalue weighted by Crippen LogP contribution is -2.42. The van der Waals surface area contributed by atoms with Gasteiger partial charge in [-0.1, -0.05) is 36.4 Å². The molecule has 29 heavy (non-hydrogen) atoms. The molecule has 0 aliphatic carbocycles. The van der Waals surface area contributed by atoms with Gasteiger partial charge in [0, 0.05) is 23.9 Å². The van der Waals surface area contributed by atoms with E-state index in [1.54, 1.807) is 11.1 Å². The van der Waals surface area contributed by atoms with Crippen molar-refractivity contribution in [2.24, 2.45) is 11.8 Å². The van der Waals surface area contributed by atoms with Crippen LogP contribution in [-0.2, 0) is 9.59 Å². The first-order valence-electron chi connectivity index (χ1n) is 9.15. The highest BCUT2D eigenvalue weighted by molar-refractivity contribution is 6.12. The van der Waals surface area contributed by atoms with Gasteiger partial charge < -0.3 is 4.90 Å². The number of Topliss-reactive ketones (excluding diaryl/α,β-unsaturated/α-hetero) is 1. The molecule has 0 spiro atoms. The lowest BCUT2D eigenvalue weighted by molar-refractivity contribution is -0.384. The molecule has 5 rings (SSSR count). The number of nitrogens with zero attached hydrogens (tertiary/aromatic N) is 2. The van der Waals surface area contributed by atoms with Gasteiger partial charge in [0.25, 0.3) is 5.69 Å². The van der Waals surface area contributed by atoms with Crippen molar-refractivity contribution in [3.63, 3.8) is 0 Å². The Hall–Kier alpha value is -3.81. The second kappa shape index (κ2) is 6.10. The monoisotopic (exact) mass is 389 g/mol. The van der Waals surface area contributed by atoms with Crippen molar-refractivity contribution in [2.75, 3.05) is 0 Å². The summed E-state index contributed by atoms with van der Waals surface area (Å²) < 4.78 is 0. The zero-order valence-electron chi connectivity index (χ0n) is 15.0. The number of imide groups is 1. The molecule has 144 valence electrons. The molecular formula is C21H15N3O5. The van der Waals surface area contributed by atoms with Gasteiger partial charge in [-0.25, -0.2) is 0 Å². The third-order valence-electron chi connectivity index (χ3n) is 5.91. The smallest absolute Gasteiger partial charge is 0.270 e. The first-order chi connectivity index (χ1) is 14.0. The van der Waals surface area contributed by atoms with E-state index in [-0.39, 0.29) is 11.3 Å². The fraction of sp³-hybridized carbons (Fsp3) is 0.190. The van der Waals surface area contributed by atoms with E-state index in [0.717, 1.165) is 11.1 Å². The van der Waals surface area contributed by atoms with Crippen LogP contribution in [0.15, 0.2) is 54.7 Å². The van der Waals surface area contributed by atoms with E-state index >= 15 is 0 Å². The molecule has 2 saturated heterocycles. The standard InChI is InChI=1S/C21H15N3O5/c25-19(12-5-3-6-13(10-12)24(28)29)18-16-15(20(26)22-21(16)27)17-14-7-2-1-4-11(14)8-9-23(17)18/h1-10,15-18H,(H,22,26,27)/t15-,16+,17-,18-/m0/s1. The quantitative estimate of drug-likeness (QED) is 0.373. The molecule has 2 aromatic rings. The van der Waals surface area contributed by atoms with Gasteiger partial charge in [-0.2, -0.15) is 0 Å². The highest BCUT2D eigenvalue weighted by Crippen LogP contribution is 2.51. The number of carbonyl (C=O) groups is 3. The van der Waals surface area contributed by atoms with Crippen molar-refractivity contribution in [1.82, 2.24) is 10.2 Å². The van der Waals surface area contributed by atoms with Crippen LogP contribution >= 0.6 is 0 Å². The fourth-order valence-corrected chi connectivity index (χ4v) is 4.72. The van der Waals surface area contributed by atoms with Crippen LogP contribution in [0.3, 0.4) is 0 Å². The topological polar surface area (TPSA) is 110 Å². The molecule has 2 fully saturated rings. The second-order valence-corrected chi connectivity index (χ2v) is 7.36. The Morgan fingerprint density at radius 2 is 1.79 bits per heavy atom. The van der Waals surface area contributed by atoms with Gasteiger partial charge in [0.1, 0.15) is 6.04 Å². The number of benzene rings is 2. The molecule has 3 aliphatic heterocycles. The van der Waals surface area contributed by atoms with Crippen LogP contribution in [0, 0.1) is 22.0 Å². The number of amides is 2. The number of nitro benzene ring substituents is 1. The molecule has 1 N–H and O–H groups in total. The number of hydrogen-bond acceptors (Lipinski definition) is 6. The normalized spacial score (nSPS) is 26.6. The molecule has 8 nitrogen and oxygen atoms in total. The van der Waals surface area contributed by atoms with Gasteiger partial charge in [-0.3, -0.25) is 29.8 Å². The summed E-state index contributed by atoms with van der Waals surface area (Å²) in [6, 6.07) is 11.6. The number of fused-ring (bicyclic) bond motifs is 5.